The topological polar surface area (TPSA) is 76.7 Å². The highest BCUT2D eigenvalue weighted by Gasteiger charge is 2.24. The fourth-order valence-corrected chi connectivity index (χ4v) is 2.99. The Balaban J connectivity index is 1.93. The van der Waals surface area contributed by atoms with Gasteiger partial charge >= 0.3 is 0 Å². The van der Waals surface area contributed by atoms with Crippen molar-refractivity contribution in [2.24, 2.45) is 5.73 Å². The maximum Gasteiger partial charge on any atom is 0.137 e. The van der Waals surface area contributed by atoms with Gasteiger partial charge in [0, 0.05) is 37.8 Å². The zero-order valence-corrected chi connectivity index (χ0v) is 13.2. The molecule has 3 heterocycles. The molecule has 1 unspecified atom stereocenters. The van der Waals surface area contributed by atoms with Crippen LogP contribution in [0.2, 0.25) is 0 Å². The largest absolute Gasteiger partial charge is 0.378 e. The SMILES string of the molecule is CC(N)Cc1c(N2CCOCC2)ncnc1N1CCOCC1. The van der Waals surface area contributed by atoms with Gasteiger partial charge in [-0.05, 0) is 13.3 Å². The maximum absolute atomic E-state index is 6.08. The molecule has 0 aromatic carbocycles. The fourth-order valence-electron chi connectivity index (χ4n) is 2.99. The van der Waals surface area contributed by atoms with Crippen LogP contribution in [-0.4, -0.2) is 68.6 Å². The van der Waals surface area contributed by atoms with Crippen molar-refractivity contribution in [2.75, 3.05) is 62.4 Å². The van der Waals surface area contributed by atoms with Gasteiger partial charge in [0.2, 0.25) is 0 Å². The van der Waals surface area contributed by atoms with E-state index in [0.717, 1.165) is 76.2 Å². The number of hydrogen-bond donors (Lipinski definition) is 1. The molecular weight excluding hydrogens is 282 g/mol. The zero-order chi connectivity index (χ0) is 15.4. The standard InChI is InChI=1S/C15H25N5O2/c1-12(16)10-13-14(19-2-6-21-7-3-19)17-11-18-15(13)20-4-8-22-9-5-20/h11-12H,2-10,16H2,1H3. The van der Waals surface area contributed by atoms with E-state index in [9.17, 15) is 0 Å². The Bertz CT molecular complexity index is 449. The van der Waals surface area contributed by atoms with Gasteiger partial charge < -0.3 is 25.0 Å². The van der Waals surface area contributed by atoms with Crippen LogP contribution in [0.15, 0.2) is 6.33 Å². The Morgan fingerprint density at radius 1 is 1.00 bits per heavy atom. The molecule has 1 aromatic rings. The third-order valence-corrected chi connectivity index (χ3v) is 4.05. The second-order valence-corrected chi connectivity index (χ2v) is 5.88. The van der Waals surface area contributed by atoms with Gasteiger partial charge in [0.25, 0.3) is 0 Å². The van der Waals surface area contributed by atoms with E-state index in [0.29, 0.717) is 0 Å². The summed E-state index contributed by atoms with van der Waals surface area (Å²) in [5.41, 5.74) is 7.23. The van der Waals surface area contributed by atoms with Gasteiger partial charge in [0.1, 0.15) is 18.0 Å². The summed E-state index contributed by atoms with van der Waals surface area (Å²) < 4.78 is 10.9. The monoisotopic (exact) mass is 307 g/mol. The smallest absolute Gasteiger partial charge is 0.137 e. The Kier molecular flexibility index (Phi) is 5.07. The molecule has 2 saturated heterocycles. The lowest BCUT2D eigenvalue weighted by atomic mass is 10.1. The molecule has 2 N–H and O–H groups in total. The van der Waals surface area contributed by atoms with Gasteiger partial charge in [-0.15, -0.1) is 0 Å². The molecule has 2 aliphatic heterocycles. The van der Waals surface area contributed by atoms with Crippen molar-refractivity contribution in [3.8, 4) is 0 Å². The van der Waals surface area contributed by atoms with Gasteiger partial charge in [-0.25, -0.2) is 9.97 Å². The molecule has 0 aliphatic carbocycles. The van der Waals surface area contributed by atoms with E-state index in [1.165, 1.54) is 0 Å². The summed E-state index contributed by atoms with van der Waals surface area (Å²) in [4.78, 5) is 13.7. The summed E-state index contributed by atoms with van der Waals surface area (Å²) >= 11 is 0. The van der Waals surface area contributed by atoms with Crippen molar-refractivity contribution >= 4 is 11.6 Å². The van der Waals surface area contributed by atoms with E-state index in [1.807, 2.05) is 6.92 Å². The average molecular weight is 307 g/mol. The average Bonchev–Trinajstić information content (AvgIpc) is 2.56. The van der Waals surface area contributed by atoms with Crippen LogP contribution in [0, 0.1) is 0 Å². The molecule has 0 bridgehead atoms. The highest BCUT2D eigenvalue weighted by molar-refractivity contribution is 5.60. The molecule has 2 fully saturated rings. The van der Waals surface area contributed by atoms with Gasteiger partial charge in [-0.1, -0.05) is 0 Å². The van der Waals surface area contributed by atoms with E-state index in [2.05, 4.69) is 19.8 Å². The van der Waals surface area contributed by atoms with Crippen LogP contribution in [-0.2, 0) is 15.9 Å². The van der Waals surface area contributed by atoms with E-state index in [-0.39, 0.29) is 6.04 Å². The highest BCUT2D eigenvalue weighted by Crippen LogP contribution is 2.28. The fraction of sp³-hybridized carbons (Fsp3) is 0.733. The van der Waals surface area contributed by atoms with Crippen LogP contribution in [0.4, 0.5) is 11.6 Å². The van der Waals surface area contributed by atoms with E-state index < -0.39 is 0 Å². The normalized spacial score (nSPS) is 21.0. The molecule has 7 heteroatoms. The van der Waals surface area contributed by atoms with Crippen molar-refractivity contribution in [2.45, 2.75) is 19.4 Å². The number of ether oxygens (including phenoxy) is 2. The van der Waals surface area contributed by atoms with Crippen LogP contribution in [0.5, 0.6) is 0 Å². The first-order valence-electron chi connectivity index (χ1n) is 8.00. The molecule has 122 valence electrons. The minimum absolute atomic E-state index is 0.0746. The Hall–Kier alpha value is -1.44. The quantitative estimate of drug-likeness (QED) is 0.841. The van der Waals surface area contributed by atoms with Crippen LogP contribution >= 0.6 is 0 Å². The lowest BCUT2D eigenvalue weighted by Crippen LogP contribution is -2.40. The third-order valence-electron chi connectivity index (χ3n) is 4.05. The summed E-state index contributed by atoms with van der Waals surface area (Å²) in [5.74, 6) is 2.02. The van der Waals surface area contributed by atoms with Crippen molar-refractivity contribution < 1.29 is 9.47 Å². The molecular formula is C15H25N5O2. The summed E-state index contributed by atoms with van der Waals surface area (Å²) in [6.45, 7) is 8.47. The molecule has 0 radical (unpaired) electrons. The number of anilines is 2. The van der Waals surface area contributed by atoms with Gasteiger partial charge in [0.15, 0.2) is 0 Å². The van der Waals surface area contributed by atoms with Gasteiger partial charge in [-0.3, -0.25) is 0 Å². The van der Waals surface area contributed by atoms with E-state index >= 15 is 0 Å². The number of hydrogen-bond acceptors (Lipinski definition) is 7. The molecule has 1 aromatic heterocycles. The second-order valence-electron chi connectivity index (χ2n) is 5.88. The number of aromatic nitrogens is 2. The van der Waals surface area contributed by atoms with E-state index in [4.69, 9.17) is 15.2 Å². The van der Waals surface area contributed by atoms with Crippen molar-refractivity contribution in [3.63, 3.8) is 0 Å². The maximum atomic E-state index is 6.08. The molecule has 0 amide bonds. The first-order valence-corrected chi connectivity index (χ1v) is 8.00. The Morgan fingerprint density at radius 2 is 1.45 bits per heavy atom. The van der Waals surface area contributed by atoms with Crippen LogP contribution < -0.4 is 15.5 Å². The summed E-state index contributed by atoms with van der Waals surface area (Å²) in [5, 5.41) is 0. The van der Waals surface area contributed by atoms with Crippen LogP contribution in [0.25, 0.3) is 0 Å². The molecule has 7 nitrogen and oxygen atoms in total. The summed E-state index contributed by atoms with van der Waals surface area (Å²) in [7, 11) is 0. The van der Waals surface area contributed by atoms with Crippen molar-refractivity contribution in [1.29, 1.82) is 0 Å². The molecule has 1 atom stereocenters. The number of rotatable bonds is 4. The van der Waals surface area contributed by atoms with Crippen molar-refractivity contribution in [3.05, 3.63) is 11.9 Å². The number of morpholine rings is 2. The predicted molar refractivity (Wildman–Crippen MR) is 85.4 cm³/mol. The minimum atomic E-state index is 0.0746. The Labute approximate surface area is 131 Å². The highest BCUT2D eigenvalue weighted by atomic mass is 16.5. The second kappa shape index (κ2) is 7.21. The molecule has 3 rings (SSSR count). The lowest BCUT2D eigenvalue weighted by Gasteiger charge is -2.33. The summed E-state index contributed by atoms with van der Waals surface area (Å²) in [6.07, 6.45) is 2.44. The molecule has 0 spiro atoms. The van der Waals surface area contributed by atoms with E-state index in [1.54, 1.807) is 6.33 Å². The van der Waals surface area contributed by atoms with Gasteiger partial charge in [-0.2, -0.15) is 0 Å². The Morgan fingerprint density at radius 3 is 1.86 bits per heavy atom. The van der Waals surface area contributed by atoms with Crippen molar-refractivity contribution in [1.82, 2.24) is 9.97 Å². The molecule has 2 aliphatic rings. The number of nitrogens with two attached hydrogens (primary N) is 1. The van der Waals surface area contributed by atoms with Crippen LogP contribution in [0.1, 0.15) is 12.5 Å². The van der Waals surface area contributed by atoms with Gasteiger partial charge in [0.05, 0.1) is 26.4 Å². The first-order chi connectivity index (χ1) is 10.8. The summed E-state index contributed by atoms with van der Waals surface area (Å²) in [6, 6.07) is 0.0746. The molecule has 22 heavy (non-hydrogen) atoms. The molecule has 0 saturated carbocycles. The third kappa shape index (κ3) is 3.48. The first kappa shape index (κ1) is 15.5. The number of nitrogens with zero attached hydrogens (tertiary/aromatic N) is 4. The predicted octanol–water partition coefficient (Wildman–Crippen LogP) is 0.0395. The van der Waals surface area contributed by atoms with Crippen LogP contribution in [0.3, 0.4) is 0 Å². The minimum Gasteiger partial charge on any atom is -0.378 e. The lowest BCUT2D eigenvalue weighted by molar-refractivity contribution is 0.121. The zero-order valence-electron chi connectivity index (χ0n) is 13.2.